The molecule has 0 aliphatic carbocycles. The Morgan fingerprint density at radius 2 is 1.71 bits per heavy atom. The normalized spacial score (nSPS) is 10.2. The number of nitrogens with zero attached hydrogens (tertiary/aromatic N) is 2. The molecule has 0 heterocycles. The third kappa shape index (κ3) is 4.13. The van der Waals surface area contributed by atoms with Gasteiger partial charge < -0.3 is 5.32 Å². The maximum atomic E-state index is 12.1. The zero-order valence-electron chi connectivity index (χ0n) is 12.9. The first-order valence-corrected chi connectivity index (χ1v) is 7.21. The second-order valence-corrected chi connectivity index (χ2v) is 5.10. The second-order valence-electron chi connectivity index (χ2n) is 5.10. The molecule has 0 unspecified atom stereocenters. The van der Waals surface area contributed by atoms with Crippen molar-refractivity contribution in [1.82, 2.24) is 0 Å². The Morgan fingerprint density at radius 1 is 1.04 bits per heavy atom. The number of carbonyl (C=O) groups is 1. The van der Waals surface area contributed by atoms with Gasteiger partial charge in [0, 0.05) is 17.3 Å². The number of benzene rings is 2. The largest absolute Gasteiger partial charge is 0.326 e. The van der Waals surface area contributed by atoms with E-state index < -0.39 is 21.4 Å². The van der Waals surface area contributed by atoms with Crippen molar-refractivity contribution in [3.8, 4) is 0 Å². The fraction of sp³-hybridized carbons (Fsp3) is 0.188. The van der Waals surface area contributed by atoms with E-state index in [4.69, 9.17) is 0 Å². The first-order chi connectivity index (χ1) is 11.4. The van der Waals surface area contributed by atoms with E-state index in [9.17, 15) is 25.0 Å². The molecule has 2 rings (SSSR count). The van der Waals surface area contributed by atoms with Gasteiger partial charge in [-0.15, -0.1) is 0 Å². The highest BCUT2D eigenvalue weighted by Crippen LogP contribution is 2.25. The number of rotatable bonds is 6. The van der Waals surface area contributed by atoms with Gasteiger partial charge in [-0.05, 0) is 30.2 Å². The van der Waals surface area contributed by atoms with Crippen molar-refractivity contribution in [2.24, 2.45) is 0 Å². The van der Waals surface area contributed by atoms with Crippen LogP contribution in [0.2, 0.25) is 0 Å². The highest BCUT2D eigenvalue weighted by atomic mass is 16.6. The van der Waals surface area contributed by atoms with Gasteiger partial charge in [0.15, 0.2) is 0 Å². The number of amides is 1. The summed E-state index contributed by atoms with van der Waals surface area (Å²) < 4.78 is 0. The van der Waals surface area contributed by atoms with E-state index in [2.05, 4.69) is 5.32 Å². The van der Waals surface area contributed by atoms with Crippen LogP contribution in [0.3, 0.4) is 0 Å². The molecular formula is C16H15N3O5. The van der Waals surface area contributed by atoms with Crippen molar-refractivity contribution in [3.05, 3.63) is 73.8 Å². The van der Waals surface area contributed by atoms with Gasteiger partial charge in [0.2, 0.25) is 5.91 Å². The van der Waals surface area contributed by atoms with Crippen molar-refractivity contribution >= 4 is 23.0 Å². The zero-order valence-corrected chi connectivity index (χ0v) is 12.9. The number of nitrogens with one attached hydrogen (secondary N) is 1. The van der Waals surface area contributed by atoms with Crippen LogP contribution in [0.4, 0.5) is 17.1 Å². The molecule has 0 aromatic heterocycles. The Hall–Kier alpha value is -3.29. The van der Waals surface area contributed by atoms with E-state index in [0.717, 1.165) is 24.1 Å². The summed E-state index contributed by atoms with van der Waals surface area (Å²) in [4.78, 5) is 32.4. The van der Waals surface area contributed by atoms with Crippen LogP contribution in [0.25, 0.3) is 0 Å². The highest BCUT2D eigenvalue weighted by molar-refractivity contribution is 5.92. The zero-order chi connectivity index (χ0) is 17.7. The van der Waals surface area contributed by atoms with E-state index >= 15 is 0 Å². The number of hydrogen-bond acceptors (Lipinski definition) is 5. The summed E-state index contributed by atoms with van der Waals surface area (Å²) in [6, 6.07) is 10.5. The van der Waals surface area contributed by atoms with Crippen LogP contribution in [-0.4, -0.2) is 15.8 Å². The number of nitro groups is 2. The summed E-state index contributed by atoms with van der Waals surface area (Å²) >= 11 is 0. The average Bonchev–Trinajstić information content (AvgIpc) is 2.55. The summed E-state index contributed by atoms with van der Waals surface area (Å²) in [6.07, 6.45) is 0.632. The maximum Gasteiger partial charge on any atom is 0.279 e. The van der Waals surface area contributed by atoms with E-state index in [1.54, 1.807) is 12.1 Å². The van der Waals surface area contributed by atoms with E-state index in [-0.39, 0.29) is 17.7 Å². The highest BCUT2D eigenvalue weighted by Gasteiger charge is 2.21. The molecule has 0 aliphatic rings. The van der Waals surface area contributed by atoms with Crippen LogP contribution in [0, 0.1) is 20.2 Å². The molecule has 0 aliphatic heterocycles. The van der Waals surface area contributed by atoms with Crippen LogP contribution >= 0.6 is 0 Å². The Kier molecular flexibility index (Phi) is 5.20. The summed E-state index contributed by atoms with van der Waals surface area (Å²) in [5.74, 6) is -0.434. The standard InChI is InChI=1S/C16H15N3O5/c1-2-11-3-6-13(7-4-11)17-16(20)9-12-5-8-14(18(21)22)10-15(12)19(23)24/h3-8,10H,2,9H2,1H3,(H,17,20). The quantitative estimate of drug-likeness (QED) is 0.645. The lowest BCUT2D eigenvalue weighted by molar-refractivity contribution is -0.394. The van der Waals surface area contributed by atoms with Crippen molar-refractivity contribution in [3.63, 3.8) is 0 Å². The first kappa shape index (κ1) is 17.1. The number of hydrogen-bond donors (Lipinski definition) is 1. The molecular weight excluding hydrogens is 314 g/mol. The monoisotopic (exact) mass is 329 g/mol. The molecule has 8 heteroatoms. The minimum Gasteiger partial charge on any atom is -0.326 e. The Labute approximate surface area is 137 Å². The van der Waals surface area contributed by atoms with Gasteiger partial charge in [-0.1, -0.05) is 19.1 Å². The van der Waals surface area contributed by atoms with Crippen LogP contribution in [0.15, 0.2) is 42.5 Å². The van der Waals surface area contributed by atoms with Gasteiger partial charge in [0.1, 0.15) is 0 Å². The molecule has 124 valence electrons. The lowest BCUT2D eigenvalue weighted by atomic mass is 10.1. The lowest BCUT2D eigenvalue weighted by Crippen LogP contribution is -2.15. The number of nitro benzene ring substituents is 2. The fourth-order valence-electron chi connectivity index (χ4n) is 2.19. The first-order valence-electron chi connectivity index (χ1n) is 7.21. The van der Waals surface area contributed by atoms with Gasteiger partial charge in [0.05, 0.1) is 22.3 Å². The molecule has 1 amide bonds. The molecule has 0 saturated heterocycles. The molecule has 0 atom stereocenters. The lowest BCUT2D eigenvalue weighted by Gasteiger charge is -2.07. The third-order valence-corrected chi connectivity index (χ3v) is 3.47. The van der Waals surface area contributed by atoms with E-state index in [1.165, 1.54) is 6.07 Å². The molecule has 2 aromatic rings. The predicted octanol–water partition coefficient (Wildman–Crippen LogP) is 3.25. The third-order valence-electron chi connectivity index (χ3n) is 3.47. The average molecular weight is 329 g/mol. The Bertz CT molecular complexity index is 787. The van der Waals surface area contributed by atoms with Crippen molar-refractivity contribution < 1.29 is 14.6 Å². The van der Waals surface area contributed by atoms with Crippen LogP contribution in [-0.2, 0) is 17.6 Å². The molecule has 24 heavy (non-hydrogen) atoms. The summed E-state index contributed by atoms with van der Waals surface area (Å²) in [6.45, 7) is 2.02. The number of anilines is 1. The summed E-state index contributed by atoms with van der Waals surface area (Å²) in [7, 11) is 0. The summed E-state index contributed by atoms with van der Waals surface area (Å²) in [5.41, 5.74) is 0.996. The van der Waals surface area contributed by atoms with Crippen molar-refractivity contribution in [1.29, 1.82) is 0 Å². The fourth-order valence-corrected chi connectivity index (χ4v) is 2.19. The smallest absolute Gasteiger partial charge is 0.279 e. The van der Waals surface area contributed by atoms with Crippen LogP contribution in [0.5, 0.6) is 0 Å². The molecule has 8 nitrogen and oxygen atoms in total. The van der Waals surface area contributed by atoms with Crippen LogP contribution < -0.4 is 5.32 Å². The van der Waals surface area contributed by atoms with Crippen LogP contribution in [0.1, 0.15) is 18.1 Å². The number of non-ortho nitro benzene ring substituents is 1. The molecule has 2 aromatic carbocycles. The molecule has 1 N–H and O–H groups in total. The second kappa shape index (κ2) is 7.32. The van der Waals surface area contributed by atoms with Gasteiger partial charge in [-0.25, -0.2) is 0 Å². The summed E-state index contributed by atoms with van der Waals surface area (Å²) in [5, 5.41) is 24.4. The SMILES string of the molecule is CCc1ccc(NC(=O)Cc2ccc([N+](=O)[O-])cc2[N+](=O)[O-])cc1. The molecule has 0 radical (unpaired) electrons. The topological polar surface area (TPSA) is 115 Å². The van der Waals surface area contributed by atoms with Gasteiger partial charge >= 0.3 is 0 Å². The molecule has 0 fully saturated rings. The maximum absolute atomic E-state index is 12.1. The van der Waals surface area contributed by atoms with Crippen molar-refractivity contribution in [2.75, 3.05) is 5.32 Å². The molecule has 0 saturated carbocycles. The molecule has 0 bridgehead atoms. The number of carbonyl (C=O) groups excluding carboxylic acids is 1. The van der Waals surface area contributed by atoms with E-state index in [1.807, 2.05) is 19.1 Å². The Morgan fingerprint density at radius 3 is 2.25 bits per heavy atom. The van der Waals surface area contributed by atoms with Gasteiger partial charge in [0.25, 0.3) is 11.4 Å². The molecule has 0 spiro atoms. The van der Waals surface area contributed by atoms with Gasteiger partial charge in [-0.3, -0.25) is 25.0 Å². The van der Waals surface area contributed by atoms with Gasteiger partial charge in [-0.2, -0.15) is 0 Å². The Balaban J connectivity index is 2.15. The van der Waals surface area contributed by atoms with E-state index in [0.29, 0.717) is 5.69 Å². The predicted molar refractivity (Wildman–Crippen MR) is 87.9 cm³/mol. The van der Waals surface area contributed by atoms with Crippen molar-refractivity contribution in [2.45, 2.75) is 19.8 Å². The number of aryl methyl sites for hydroxylation is 1. The minimum absolute atomic E-state index is 0.119. The minimum atomic E-state index is -0.731.